The van der Waals surface area contributed by atoms with Gasteiger partial charge in [-0.1, -0.05) is 0 Å². The Morgan fingerprint density at radius 1 is 1.83 bits per heavy atom. The summed E-state index contributed by atoms with van der Waals surface area (Å²) in [6.07, 6.45) is 0. The van der Waals surface area contributed by atoms with Crippen molar-refractivity contribution in [1.82, 2.24) is 4.72 Å². The predicted octanol–water partition coefficient (Wildman–Crippen LogP) is 1.61. The molecule has 0 aromatic rings. The lowest BCUT2D eigenvalue weighted by molar-refractivity contribution is 1.42. The molecule has 0 radical (unpaired) electrons. The van der Waals surface area contributed by atoms with Crippen molar-refractivity contribution < 1.29 is 0 Å². The van der Waals surface area contributed by atoms with Crippen molar-refractivity contribution in [1.29, 1.82) is 0 Å². The molecule has 1 aliphatic heterocycles. The van der Waals surface area contributed by atoms with E-state index >= 15 is 0 Å². The van der Waals surface area contributed by atoms with Crippen molar-refractivity contribution in [3.8, 4) is 0 Å². The van der Waals surface area contributed by atoms with E-state index < -0.39 is 0 Å². The van der Waals surface area contributed by atoms with E-state index in [1.165, 1.54) is 0 Å². The third-order valence-electron chi connectivity index (χ3n) is 0.354. The van der Waals surface area contributed by atoms with E-state index in [0.717, 1.165) is 5.03 Å². The Morgan fingerprint density at radius 2 is 2.67 bits per heavy atom. The van der Waals surface area contributed by atoms with Gasteiger partial charge in [-0.25, -0.2) is 0 Å². The third-order valence-corrected chi connectivity index (χ3v) is 2.48. The Balaban J connectivity index is 2.45. The van der Waals surface area contributed by atoms with Gasteiger partial charge in [0, 0.05) is 16.4 Å². The van der Waals surface area contributed by atoms with Gasteiger partial charge in [-0.2, -0.15) is 0 Å². The van der Waals surface area contributed by atoms with Gasteiger partial charge in [0.25, 0.3) is 0 Å². The van der Waals surface area contributed by atoms with Crippen LogP contribution in [0.1, 0.15) is 0 Å². The number of hydrogen-bond acceptors (Lipinski definition) is 4. The molecule has 4 heteroatoms. The molecule has 0 saturated heterocycles. The van der Waals surface area contributed by atoms with Crippen LogP contribution in [0.3, 0.4) is 0 Å². The summed E-state index contributed by atoms with van der Waals surface area (Å²) in [6, 6.07) is 0. The summed E-state index contributed by atoms with van der Waals surface area (Å²) in [7, 11) is 3.23. The Labute approximate surface area is 49.9 Å². The molecule has 0 aromatic heterocycles. The molecule has 0 spiro atoms. The van der Waals surface area contributed by atoms with E-state index in [-0.39, 0.29) is 0 Å². The molecule has 0 aromatic carbocycles. The SMILES string of the molecule is SC1=CSSN1. The van der Waals surface area contributed by atoms with Gasteiger partial charge in [-0.05, 0) is 10.8 Å². The smallest absolute Gasteiger partial charge is 0.0829 e. The Morgan fingerprint density at radius 3 is 2.83 bits per heavy atom. The minimum Gasteiger partial charge on any atom is -0.315 e. The molecular formula is C2H3NS3. The van der Waals surface area contributed by atoms with Crippen molar-refractivity contribution in [2.45, 2.75) is 0 Å². The van der Waals surface area contributed by atoms with Crippen LogP contribution in [0, 0.1) is 0 Å². The van der Waals surface area contributed by atoms with Crippen molar-refractivity contribution in [3.05, 3.63) is 10.4 Å². The minimum atomic E-state index is 0.949. The average Bonchev–Trinajstić information content (AvgIpc) is 1.86. The third kappa shape index (κ3) is 1.03. The largest absolute Gasteiger partial charge is 0.315 e. The highest BCUT2D eigenvalue weighted by Gasteiger charge is 1.95. The summed E-state index contributed by atoms with van der Waals surface area (Å²) >= 11 is 4.00. The molecule has 1 aliphatic rings. The van der Waals surface area contributed by atoms with Gasteiger partial charge in [-0.3, -0.25) is 0 Å². The predicted molar refractivity (Wildman–Crippen MR) is 35.4 cm³/mol. The van der Waals surface area contributed by atoms with Gasteiger partial charge in [0.1, 0.15) is 0 Å². The van der Waals surface area contributed by atoms with Crippen molar-refractivity contribution in [2.24, 2.45) is 0 Å². The molecule has 0 saturated carbocycles. The molecule has 0 amide bonds. The van der Waals surface area contributed by atoms with Crippen molar-refractivity contribution in [2.75, 3.05) is 0 Å². The second kappa shape index (κ2) is 2.04. The molecule has 34 valence electrons. The maximum Gasteiger partial charge on any atom is 0.0829 e. The summed E-state index contributed by atoms with van der Waals surface area (Å²) in [6.45, 7) is 0. The van der Waals surface area contributed by atoms with E-state index in [4.69, 9.17) is 0 Å². The fraction of sp³-hybridized carbons (Fsp3) is 0. The van der Waals surface area contributed by atoms with Crippen LogP contribution in [-0.4, -0.2) is 0 Å². The Hall–Kier alpha value is 0.590. The van der Waals surface area contributed by atoms with Gasteiger partial charge in [0.2, 0.25) is 0 Å². The summed E-state index contributed by atoms with van der Waals surface area (Å²) in [5.74, 6) is 0. The molecular weight excluding hydrogens is 134 g/mol. The highest BCUT2D eigenvalue weighted by Crippen LogP contribution is 2.29. The Kier molecular flexibility index (Phi) is 1.62. The van der Waals surface area contributed by atoms with Crippen LogP contribution >= 0.6 is 34.4 Å². The molecule has 0 atom stereocenters. The normalized spacial score (nSPS) is 19.8. The maximum absolute atomic E-state index is 4.00. The molecule has 1 heterocycles. The van der Waals surface area contributed by atoms with E-state index in [1.807, 2.05) is 5.41 Å². The maximum atomic E-state index is 4.00. The van der Waals surface area contributed by atoms with Gasteiger partial charge >= 0.3 is 0 Å². The minimum absolute atomic E-state index is 0.949. The first-order chi connectivity index (χ1) is 2.89. The summed E-state index contributed by atoms with van der Waals surface area (Å²) < 4.78 is 2.92. The molecule has 6 heavy (non-hydrogen) atoms. The van der Waals surface area contributed by atoms with Crippen LogP contribution in [0.15, 0.2) is 10.4 Å². The summed E-state index contributed by atoms with van der Waals surface area (Å²) in [4.78, 5) is 0. The molecule has 1 rings (SSSR count). The molecule has 0 unspecified atom stereocenters. The van der Waals surface area contributed by atoms with Crippen molar-refractivity contribution in [3.63, 3.8) is 0 Å². The highest BCUT2D eigenvalue weighted by molar-refractivity contribution is 8.77. The van der Waals surface area contributed by atoms with Gasteiger partial charge < -0.3 is 4.72 Å². The van der Waals surface area contributed by atoms with Gasteiger partial charge in [0.05, 0.1) is 5.03 Å². The number of thiol groups is 1. The second-order valence-corrected chi connectivity index (χ2v) is 3.14. The van der Waals surface area contributed by atoms with E-state index in [0.29, 0.717) is 0 Å². The first-order valence-electron chi connectivity index (χ1n) is 1.37. The fourth-order valence-electron chi connectivity index (χ4n) is 0.160. The number of hydrogen-bond donors (Lipinski definition) is 2. The van der Waals surface area contributed by atoms with E-state index in [2.05, 4.69) is 17.4 Å². The molecule has 0 aliphatic carbocycles. The van der Waals surface area contributed by atoms with Crippen LogP contribution in [-0.2, 0) is 0 Å². The lowest BCUT2D eigenvalue weighted by Gasteiger charge is -1.84. The highest BCUT2D eigenvalue weighted by atomic mass is 33.1. The van der Waals surface area contributed by atoms with Crippen LogP contribution in [0.2, 0.25) is 0 Å². The molecule has 1 N–H and O–H groups in total. The number of rotatable bonds is 0. The summed E-state index contributed by atoms with van der Waals surface area (Å²) in [5.41, 5.74) is 0. The van der Waals surface area contributed by atoms with E-state index in [9.17, 15) is 0 Å². The molecule has 1 nitrogen and oxygen atoms in total. The molecule has 0 fully saturated rings. The zero-order chi connectivity index (χ0) is 4.41. The zero-order valence-corrected chi connectivity index (χ0v) is 5.37. The van der Waals surface area contributed by atoms with Crippen LogP contribution in [0.5, 0.6) is 0 Å². The van der Waals surface area contributed by atoms with Gasteiger partial charge in [0.15, 0.2) is 0 Å². The van der Waals surface area contributed by atoms with Crippen molar-refractivity contribution >= 4 is 34.4 Å². The second-order valence-electron chi connectivity index (χ2n) is 0.785. The van der Waals surface area contributed by atoms with Gasteiger partial charge in [-0.15, -0.1) is 12.6 Å². The fourth-order valence-corrected chi connectivity index (χ4v) is 2.17. The Bertz CT molecular complexity index is 78.9. The zero-order valence-electron chi connectivity index (χ0n) is 2.84. The van der Waals surface area contributed by atoms with Crippen LogP contribution in [0.4, 0.5) is 0 Å². The average molecular weight is 137 g/mol. The lowest BCUT2D eigenvalue weighted by atomic mass is 11.1. The topological polar surface area (TPSA) is 12.0 Å². The summed E-state index contributed by atoms with van der Waals surface area (Å²) in [5, 5.41) is 2.90. The quantitative estimate of drug-likeness (QED) is 0.299. The monoisotopic (exact) mass is 137 g/mol. The lowest BCUT2D eigenvalue weighted by Crippen LogP contribution is -1.86. The first kappa shape index (κ1) is 4.74. The first-order valence-corrected chi connectivity index (χ1v) is 4.03. The van der Waals surface area contributed by atoms with E-state index in [1.54, 1.807) is 21.8 Å². The van der Waals surface area contributed by atoms with Crippen LogP contribution in [0.25, 0.3) is 0 Å². The van der Waals surface area contributed by atoms with Crippen LogP contribution < -0.4 is 4.72 Å². The number of nitrogens with one attached hydrogen (secondary N) is 1. The standard InChI is InChI=1S/C2H3NS3/c4-2-1-5-6-3-2/h1,3-4H. The molecule has 0 bridgehead atoms.